The van der Waals surface area contributed by atoms with E-state index in [4.69, 9.17) is 0 Å². The summed E-state index contributed by atoms with van der Waals surface area (Å²) >= 11 is 0. The molecule has 0 spiro atoms. The van der Waals surface area contributed by atoms with Crippen LogP contribution in [0.25, 0.3) is 0 Å². The number of halogens is 3. The topological polar surface area (TPSA) is 43.4 Å². The van der Waals surface area contributed by atoms with Crippen LogP contribution in [0.5, 0.6) is 0 Å². The first-order valence-electron chi connectivity index (χ1n) is 2.84. The van der Waals surface area contributed by atoms with E-state index in [1.165, 1.54) is 6.92 Å². The minimum Gasteiger partial charge on any atom is -0.381 e. The lowest BCUT2D eigenvalue weighted by molar-refractivity contribution is -0.0521. The summed E-state index contributed by atoms with van der Waals surface area (Å²) in [6.07, 6.45) is 1.11. The lowest BCUT2D eigenvalue weighted by atomic mass is 10.5. The Morgan fingerprint density at radius 2 is 1.83 bits per heavy atom. The number of alkyl halides is 3. The van der Waals surface area contributed by atoms with E-state index in [2.05, 4.69) is 4.18 Å². The van der Waals surface area contributed by atoms with E-state index in [1.54, 1.807) is 0 Å². The lowest BCUT2D eigenvalue weighted by Gasteiger charge is -2.08. The summed E-state index contributed by atoms with van der Waals surface area (Å²) in [4.78, 5) is 0. The quantitative estimate of drug-likeness (QED) is 0.391. The van der Waals surface area contributed by atoms with Crippen LogP contribution < -0.4 is 0 Å². The lowest BCUT2D eigenvalue weighted by Crippen LogP contribution is -2.24. The zero-order valence-corrected chi connectivity index (χ0v) is 7.16. The Morgan fingerprint density at radius 1 is 1.42 bits per heavy atom. The van der Waals surface area contributed by atoms with E-state index in [0.717, 1.165) is 13.0 Å². The van der Waals surface area contributed by atoms with Crippen molar-refractivity contribution in [1.82, 2.24) is 0 Å². The summed E-state index contributed by atoms with van der Waals surface area (Å²) in [6, 6.07) is 0. The highest BCUT2D eigenvalue weighted by Gasteiger charge is 2.48. The van der Waals surface area contributed by atoms with Gasteiger partial charge in [-0.3, -0.25) is 0 Å². The van der Waals surface area contributed by atoms with Crippen LogP contribution in [0.4, 0.5) is 13.2 Å². The molecule has 0 fully saturated rings. The van der Waals surface area contributed by atoms with Crippen molar-refractivity contribution in [3.8, 4) is 0 Å². The summed E-state index contributed by atoms with van der Waals surface area (Å²) in [5, 5.41) is 0. The van der Waals surface area contributed by atoms with Gasteiger partial charge in [0.2, 0.25) is 0 Å². The van der Waals surface area contributed by atoms with Crippen molar-refractivity contribution in [2.45, 2.75) is 19.4 Å². The van der Waals surface area contributed by atoms with Crippen molar-refractivity contribution in [2.75, 3.05) is 0 Å². The van der Waals surface area contributed by atoms with Gasteiger partial charge in [0.25, 0.3) is 0 Å². The van der Waals surface area contributed by atoms with Gasteiger partial charge in [-0.2, -0.15) is 21.6 Å². The summed E-state index contributed by atoms with van der Waals surface area (Å²) in [7, 11) is -5.48. The number of hydrogen-bond acceptors (Lipinski definition) is 3. The fraction of sp³-hybridized carbons (Fsp3) is 0.600. The van der Waals surface area contributed by atoms with Crippen molar-refractivity contribution in [2.24, 2.45) is 0 Å². The molecular formula is C5H7F3O3S. The zero-order valence-electron chi connectivity index (χ0n) is 6.34. The summed E-state index contributed by atoms with van der Waals surface area (Å²) < 4.78 is 58.9. The van der Waals surface area contributed by atoms with Crippen LogP contribution >= 0.6 is 0 Å². The van der Waals surface area contributed by atoms with Gasteiger partial charge in [0, 0.05) is 0 Å². The van der Waals surface area contributed by atoms with Gasteiger partial charge >= 0.3 is 15.6 Å². The Bertz CT molecular complexity index is 275. The smallest absolute Gasteiger partial charge is 0.381 e. The van der Waals surface area contributed by atoms with E-state index in [9.17, 15) is 21.6 Å². The highest BCUT2D eigenvalue weighted by Crippen LogP contribution is 2.26. The van der Waals surface area contributed by atoms with E-state index < -0.39 is 15.6 Å². The molecule has 0 unspecified atom stereocenters. The zero-order chi connectivity index (χ0) is 9.99. The van der Waals surface area contributed by atoms with Gasteiger partial charge < -0.3 is 4.18 Å². The summed E-state index contributed by atoms with van der Waals surface area (Å²) in [5.74, 6) is -0.313. The van der Waals surface area contributed by atoms with Crippen molar-refractivity contribution in [3.05, 3.63) is 11.8 Å². The van der Waals surface area contributed by atoms with Crippen LogP contribution in [0.1, 0.15) is 13.8 Å². The van der Waals surface area contributed by atoms with Crippen LogP contribution in [-0.2, 0) is 14.3 Å². The highest BCUT2D eigenvalue weighted by atomic mass is 32.2. The Kier molecular flexibility index (Phi) is 3.14. The van der Waals surface area contributed by atoms with Gasteiger partial charge in [-0.15, -0.1) is 0 Å². The predicted molar refractivity (Wildman–Crippen MR) is 35.5 cm³/mol. The molecule has 0 aliphatic carbocycles. The maximum Gasteiger partial charge on any atom is 0.534 e. The average molecular weight is 204 g/mol. The Morgan fingerprint density at radius 3 is 2.08 bits per heavy atom. The van der Waals surface area contributed by atoms with E-state index in [-0.39, 0.29) is 5.76 Å². The van der Waals surface area contributed by atoms with Crippen LogP contribution in [0.15, 0.2) is 11.8 Å². The van der Waals surface area contributed by atoms with Gasteiger partial charge in [0.05, 0.1) is 0 Å². The third kappa shape index (κ3) is 2.72. The van der Waals surface area contributed by atoms with E-state index >= 15 is 0 Å². The molecule has 0 saturated heterocycles. The first kappa shape index (κ1) is 11.3. The first-order chi connectivity index (χ1) is 5.20. The summed E-state index contributed by atoms with van der Waals surface area (Å²) in [5.41, 5.74) is -5.36. The fourth-order valence-electron chi connectivity index (χ4n) is 0.268. The second-order valence-corrected chi connectivity index (χ2v) is 3.42. The normalized spacial score (nSPS) is 14.6. The molecule has 0 aromatic heterocycles. The van der Waals surface area contributed by atoms with Crippen LogP contribution in [-0.4, -0.2) is 13.9 Å². The highest BCUT2D eigenvalue weighted by molar-refractivity contribution is 7.87. The van der Waals surface area contributed by atoms with Crippen molar-refractivity contribution >= 4 is 10.1 Å². The second kappa shape index (κ2) is 3.34. The molecule has 0 aliphatic heterocycles. The van der Waals surface area contributed by atoms with Gasteiger partial charge in [-0.05, 0) is 19.9 Å². The van der Waals surface area contributed by atoms with E-state index in [1.807, 2.05) is 0 Å². The number of hydrogen-bond donors (Lipinski definition) is 0. The van der Waals surface area contributed by atoms with Gasteiger partial charge in [0.1, 0.15) is 5.76 Å². The minimum absolute atomic E-state index is 0.313. The second-order valence-electron chi connectivity index (χ2n) is 1.88. The number of rotatable bonds is 2. The molecule has 0 N–H and O–H groups in total. The summed E-state index contributed by atoms with van der Waals surface area (Å²) in [6.45, 7) is 2.48. The van der Waals surface area contributed by atoms with Gasteiger partial charge in [-0.1, -0.05) is 0 Å². The molecule has 0 rings (SSSR count). The maximum absolute atomic E-state index is 11.6. The maximum atomic E-state index is 11.6. The molecule has 0 saturated carbocycles. The fourth-order valence-corrected chi connectivity index (χ4v) is 0.805. The van der Waals surface area contributed by atoms with Crippen LogP contribution in [0.3, 0.4) is 0 Å². The molecule has 0 aromatic rings. The van der Waals surface area contributed by atoms with Crippen LogP contribution in [0, 0.1) is 0 Å². The van der Waals surface area contributed by atoms with E-state index in [0.29, 0.717) is 0 Å². The molecule has 0 atom stereocenters. The standard InChI is InChI=1S/C5H7F3O3S/c1-3-4(2)11-12(9,10)5(6,7)8/h3H,1-2H3/b4-3+. The average Bonchev–Trinajstić information content (AvgIpc) is 1.84. The minimum atomic E-state index is -5.48. The molecular weight excluding hydrogens is 197 g/mol. The largest absolute Gasteiger partial charge is 0.534 e. The van der Waals surface area contributed by atoms with Crippen molar-refractivity contribution < 1.29 is 25.8 Å². The number of allylic oxidation sites excluding steroid dienone is 2. The molecule has 0 bridgehead atoms. The Balaban J connectivity index is 4.70. The third-order valence-corrected chi connectivity index (χ3v) is 1.98. The molecule has 0 aromatic carbocycles. The Hall–Kier alpha value is -0.720. The van der Waals surface area contributed by atoms with Gasteiger partial charge in [0.15, 0.2) is 0 Å². The molecule has 0 amide bonds. The Labute approximate surface area is 68.0 Å². The SMILES string of the molecule is C/C=C(\C)OS(=O)(=O)C(F)(F)F. The first-order valence-corrected chi connectivity index (χ1v) is 4.25. The van der Waals surface area contributed by atoms with Crippen LogP contribution in [0.2, 0.25) is 0 Å². The molecule has 12 heavy (non-hydrogen) atoms. The molecule has 0 radical (unpaired) electrons. The molecule has 3 nitrogen and oxygen atoms in total. The predicted octanol–water partition coefficient (Wildman–Crippen LogP) is 1.78. The monoisotopic (exact) mass is 204 g/mol. The van der Waals surface area contributed by atoms with Crippen molar-refractivity contribution in [1.29, 1.82) is 0 Å². The third-order valence-electron chi connectivity index (χ3n) is 0.931. The molecule has 72 valence electrons. The van der Waals surface area contributed by atoms with Gasteiger partial charge in [-0.25, -0.2) is 0 Å². The molecule has 0 aliphatic rings. The molecule has 7 heteroatoms. The van der Waals surface area contributed by atoms with Crippen molar-refractivity contribution in [3.63, 3.8) is 0 Å². The molecule has 0 heterocycles.